The molecule has 2 aromatic rings. The third-order valence-corrected chi connectivity index (χ3v) is 7.33. The van der Waals surface area contributed by atoms with Crippen molar-refractivity contribution >= 4 is 17.9 Å². The molecule has 194 valence electrons. The van der Waals surface area contributed by atoms with E-state index in [1.54, 1.807) is 6.92 Å². The number of rotatable bonds is 8. The van der Waals surface area contributed by atoms with Crippen LogP contribution >= 0.6 is 0 Å². The fourth-order valence-electron chi connectivity index (χ4n) is 5.77. The molecule has 1 unspecified atom stereocenters. The molecule has 0 spiro atoms. The smallest absolute Gasteiger partial charge is 0.338 e. The van der Waals surface area contributed by atoms with Gasteiger partial charge in [0.15, 0.2) is 18.5 Å². The Morgan fingerprint density at radius 2 is 1.78 bits per heavy atom. The van der Waals surface area contributed by atoms with E-state index in [0.29, 0.717) is 6.54 Å². The van der Waals surface area contributed by atoms with Crippen LogP contribution in [0.2, 0.25) is 0 Å². The zero-order valence-corrected chi connectivity index (χ0v) is 21.0. The predicted octanol–water partition coefficient (Wildman–Crippen LogP) is 3.32. The number of aliphatic imine (C=N–C) groups is 2. The van der Waals surface area contributed by atoms with Gasteiger partial charge < -0.3 is 23.7 Å². The number of carbonyl (C=O) groups is 2. The number of benzene rings is 2. The van der Waals surface area contributed by atoms with Crippen LogP contribution < -0.4 is 0 Å². The van der Waals surface area contributed by atoms with Gasteiger partial charge in [0.25, 0.3) is 0 Å². The highest BCUT2D eigenvalue weighted by atomic mass is 16.7. The molecule has 5 rings (SSSR count). The van der Waals surface area contributed by atoms with Gasteiger partial charge in [-0.15, -0.1) is 0 Å². The average Bonchev–Trinajstić information content (AvgIpc) is 3.23. The fourth-order valence-corrected chi connectivity index (χ4v) is 5.77. The predicted molar refractivity (Wildman–Crippen MR) is 132 cm³/mol. The number of hydrogen-bond acceptors (Lipinski definition) is 9. The minimum absolute atomic E-state index is 0.227. The summed E-state index contributed by atoms with van der Waals surface area (Å²) >= 11 is 0. The molecule has 0 radical (unpaired) electrons. The lowest BCUT2D eigenvalue weighted by Crippen LogP contribution is -2.74. The molecule has 1 aliphatic carbocycles. The average molecular weight is 507 g/mol. The van der Waals surface area contributed by atoms with E-state index in [4.69, 9.17) is 28.7 Å². The van der Waals surface area contributed by atoms with Gasteiger partial charge in [-0.05, 0) is 18.1 Å². The molecule has 0 N–H and O–H groups in total. The van der Waals surface area contributed by atoms with E-state index >= 15 is 0 Å². The Hall–Kier alpha value is -3.36. The molecule has 0 aromatic heterocycles. The van der Waals surface area contributed by atoms with Gasteiger partial charge in [-0.2, -0.15) is 0 Å². The maximum Gasteiger partial charge on any atom is 0.338 e. The second kappa shape index (κ2) is 10.2. The van der Waals surface area contributed by atoms with Crippen LogP contribution in [0.25, 0.3) is 0 Å². The standard InChI is InChI=1S/C28H30N2O7/c1-18(31)37-27(2)14-21-26(33-3)36-24-25(32)35-22(27)23(34-16-20-12-8-5-9-13-20)28(21,24)30-17-29-15-19-10-6-4-7-11-19/h4-13,21-24,26H,14-16H2,1-3H3/t21-,22+,23?,24-,26-,27+,28-/m1/s1. The Labute approximate surface area is 215 Å². The van der Waals surface area contributed by atoms with Crippen molar-refractivity contribution in [1.82, 2.24) is 0 Å². The van der Waals surface area contributed by atoms with Crippen LogP contribution in [0.15, 0.2) is 70.6 Å². The molecule has 1 saturated carbocycles. The molecule has 2 aliphatic heterocycles. The van der Waals surface area contributed by atoms with Crippen molar-refractivity contribution in [1.29, 1.82) is 0 Å². The van der Waals surface area contributed by atoms with Crippen LogP contribution in [0.1, 0.15) is 31.4 Å². The third kappa shape index (κ3) is 4.60. The summed E-state index contributed by atoms with van der Waals surface area (Å²) in [7, 11) is 1.50. The molecule has 2 heterocycles. The van der Waals surface area contributed by atoms with E-state index in [0.717, 1.165) is 11.1 Å². The van der Waals surface area contributed by atoms with Gasteiger partial charge in [0.1, 0.15) is 17.2 Å². The number of nitrogens with zero attached hydrogens (tertiary/aromatic N) is 2. The van der Waals surface area contributed by atoms with Crippen molar-refractivity contribution in [2.24, 2.45) is 15.9 Å². The second-order valence-electron chi connectivity index (χ2n) is 9.81. The minimum atomic E-state index is -1.23. The van der Waals surface area contributed by atoms with Crippen molar-refractivity contribution in [3.8, 4) is 0 Å². The lowest BCUT2D eigenvalue weighted by atomic mass is 9.61. The summed E-state index contributed by atoms with van der Waals surface area (Å²) in [5, 5.41) is 0. The Balaban J connectivity index is 1.57. The topological polar surface area (TPSA) is 105 Å². The summed E-state index contributed by atoms with van der Waals surface area (Å²) in [5.74, 6) is -1.59. The van der Waals surface area contributed by atoms with E-state index in [2.05, 4.69) is 11.0 Å². The van der Waals surface area contributed by atoms with Gasteiger partial charge in [0.05, 0.1) is 19.2 Å². The zero-order chi connectivity index (χ0) is 26.0. The first kappa shape index (κ1) is 25.3. The molecule has 9 nitrogen and oxygen atoms in total. The number of esters is 2. The SMILES string of the molecule is CO[C@@H]1O[C@@H]2C(=O)O[C@H]3C(OCc4ccccc4)[C@]2(N=C=NCc2ccccc2)[C@@H]1C[C@]3(C)OC(C)=O. The van der Waals surface area contributed by atoms with Gasteiger partial charge in [-0.25, -0.2) is 14.8 Å². The lowest BCUT2D eigenvalue weighted by molar-refractivity contribution is -0.253. The van der Waals surface area contributed by atoms with Crippen LogP contribution in [-0.4, -0.2) is 60.8 Å². The number of hydrogen-bond donors (Lipinski definition) is 0. The van der Waals surface area contributed by atoms with Crippen molar-refractivity contribution in [3.05, 3.63) is 71.8 Å². The van der Waals surface area contributed by atoms with Crippen LogP contribution in [0, 0.1) is 5.92 Å². The minimum Gasteiger partial charge on any atom is -0.455 e. The zero-order valence-electron chi connectivity index (χ0n) is 21.0. The highest BCUT2D eigenvalue weighted by Crippen LogP contribution is 2.57. The lowest BCUT2D eigenvalue weighted by Gasteiger charge is -2.55. The number of ether oxygens (including phenoxy) is 5. The van der Waals surface area contributed by atoms with E-state index < -0.39 is 53.6 Å². The molecule has 2 saturated heterocycles. The highest BCUT2D eigenvalue weighted by Gasteiger charge is 2.76. The van der Waals surface area contributed by atoms with Crippen LogP contribution in [0.3, 0.4) is 0 Å². The molecular formula is C28H30N2O7. The molecule has 7 atom stereocenters. The molecule has 3 aliphatic rings. The number of carbonyl (C=O) groups excluding carboxylic acids is 2. The Morgan fingerprint density at radius 1 is 1.11 bits per heavy atom. The quantitative estimate of drug-likeness (QED) is 0.400. The largest absolute Gasteiger partial charge is 0.455 e. The summed E-state index contributed by atoms with van der Waals surface area (Å²) in [6.07, 6.45) is -3.32. The molecule has 3 fully saturated rings. The van der Waals surface area contributed by atoms with Crippen molar-refractivity contribution < 1.29 is 33.3 Å². The second-order valence-corrected chi connectivity index (χ2v) is 9.81. The van der Waals surface area contributed by atoms with Gasteiger partial charge in [0, 0.05) is 26.4 Å². The van der Waals surface area contributed by atoms with Gasteiger partial charge >= 0.3 is 11.9 Å². The first-order valence-corrected chi connectivity index (χ1v) is 12.3. The molecule has 0 amide bonds. The normalized spacial score (nSPS) is 33.7. The summed E-state index contributed by atoms with van der Waals surface area (Å²) in [6, 6.07) is 22.2. The molecule has 2 aromatic carbocycles. The van der Waals surface area contributed by atoms with E-state index in [9.17, 15) is 9.59 Å². The summed E-state index contributed by atoms with van der Waals surface area (Å²) < 4.78 is 29.8. The van der Waals surface area contributed by atoms with Crippen LogP contribution in [0.4, 0.5) is 0 Å². The van der Waals surface area contributed by atoms with E-state index in [-0.39, 0.29) is 13.0 Å². The Morgan fingerprint density at radius 3 is 2.43 bits per heavy atom. The maximum atomic E-state index is 13.3. The molecular weight excluding hydrogens is 476 g/mol. The van der Waals surface area contributed by atoms with Crippen molar-refractivity contribution in [2.45, 2.75) is 69.2 Å². The van der Waals surface area contributed by atoms with Gasteiger partial charge in [-0.3, -0.25) is 4.79 Å². The molecule has 2 bridgehead atoms. The summed E-state index contributed by atoms with van der Waals surface area (Å²) in [5.41, 5.74) is -0.473. The fraction of sp³-hybridized carbons (Fsp3) is 0.464. The molecule has 9 heteroatoms. The third-order valence-electron chi connectivity index (χ3n) is 7.33. The maximum absolute atomic E-state index is 13.3. The first-order chi connectivity index (χ1) is 17.9. The summed E-state index contributed by atoms with van der Waals surface area (Å²) in [4.78, 5) is 34.5. The van der Waals surface area contributed by atoms with Gasteiger partial charge in [-0.1, -0.05) is 60.7 Å². The highest BCUT2D eigenvalue weighted by molar-refractivity contribution is 5.80. The Kier molecular flexibility index (Phi) is 6.96. The van der Waals surface area contributed by atoms with Crippen LogP contribution in [0.5, 0.6) is 0 Å². The summed E-state index contributed by atoms with van der Waals surface area (Å²) in [6.45, 7) is 3.67. The van der Waals surface area contributed by atoms with Gasteiger partial charge in [0.2, 0.25) is 0 Å². The van der Waals surface area contributed by atoms with E-state index in [1.165, 1.54) is 14.0 Å². The molecule has 37 heavy (non-hydrogen) atoms. The van der Waals surface area contributed by atoms with E-state index in [1.807, 2.05) is 60.7 Å². The number of methoxy groups -OCH3 is 1. The first-order valence-electron chi connectivity index (χ1n) is 12.3. The monoisotopic (exact) mass is 506 g/mol. The van der Waals surface area contributed by atoms with Crippen molar-refractivity contribution in [3.63, 3.8) is 0 Å². The van der Waals surface area contributed by atoms with Crippen molar-refractivity contribution in [2.75, 3.05) is 7.11 Å². The number of fused-ring (bicyclic) bond motifs is 1. The Bertz CT molecular complexity index is 1200. The van der Waals surface area contributed by atoms with Crippen LogP contribution in [-0.2, 0) is 46.4 Å².